The molecule has 3 heterocycles. The largest absolute Gasteiger partial charge is 0.339 e. The van der Waals surface area contributed by atoms with Gasteiger partial charge in [-0.2, -0.15) is 5.10 Å². The van der Waals surface area contributed by atoms with Gasteiger partial charge in [-0.05, 0) is 49.1 Å². The average molecular weight is 454 g/mol. The molecule has 5 rings (SSSR count). The SMILES string of the molecule is Cc1cccc(-c2ccnc3c2c(C)nn3CC(=O)N2CCN(Cc3ccccc3C)CC2)c1. The second-order valence-electron chi connectivity index (χ2n) is 9.25. The van der Waals surface area contributed by atoms with Crippen LogP contribution >= 0.6 is 0 Å². The zero-order valence-electron chi connectivity index (χ0n) is 20.2. The number of amides is 1. The number of rotatable bonds is 5. The number of piperazine rings is 1. The maximum Gasteiger partial charge on any atom is 0.244 e. The Morgan fingerprint density at radius 1 is 0.941 bits per heavy atom. The van der Waals surface area contributed by atoms with Crippen molar-refractivity contribution in [2.24, 2.45) is 0 Å². The number of aryl methyl sites for hydroxylation is 3. The first kappa shape index (κ1) is 22.3. The summed E-state index contributed by atoms with van der Waals surface area (Å²) in [5.74, 6) is 0.0997. The Bertz CT molecular complexity index is 1330. The summed E-state index contributed by atoms with van der Waals surface area (Å²) in [5, 5.41) is 5.73. The Morgan fingerprint density at radius 3 is 2.50 bits per heavy atom. The molecule has 0 saturated carbocycles. The van der Waals surface area contributed by atoms with Gasteiger partial charge in [0.1, 0.15) is 6.54 Å². The van der Waals surface area contributed by atoms with E-state index < -0.39 is 0 Å². The van der Waals surface area contributed by atoms with Gasteiger partial charge in [0.05, 0.1) is 5.69 Å². The van der Waals surface area contributed by atoms with Gasteiger partial charge in [-0.1, -0.05) is 54.1 Å². The van der Waals surface area contributed by atoms with Crippen LogP contribution in [-0.2, 0) is 17.9 Å². The molecule has 174 valence electrons. The van der Waals surface area contributed by atoms with Crippen molar-refractivity contribution in [2.45, 2.75) is 33.9 Å². The van der Waals surface area contributed by atoms with E-state index in [0.717, 1.165) is 60.6 Å². The third-order valence-electron chi connectivity index (χ3n) is 6.80. The van der Waals surface area contributed by atoms with Gasteiger partial charge in [0.25, 0.3) is 0 Å². The Balaban J connectivity index is 1.29. The van der Waals surface area contributed by atoms with Crippen LogP contribution in [0.4, 0.5) is 0 Å². The number of hydrogen-bond donors (Lipinski definition) is 0. The highest BCUT2D eigenvalue weighted by molar-refractivity contribution is 5.95. The Morgan fingerprint density at radius 2 is 1.74 bits per heavy atom. The Labute approximate surface area is 200 Å². The lowest BCUT2D eigenvalue weighted by Crippen LogP contribution is -2.49. The molecule has 2 aromatic heterocycles. The minimum atomic E-state index is 0.0997. The van der Waals surface area contributed by atoms with Crippen molar-refractivity contribution < 1.29 is 4.79 Å². The third-order valence-corrected chi connectivity index (χ3v) is 6.80. The van der Waals surface area contributed by atoms with Crippen LogP contribution < -0.4 is 0 Å². The quantitative estimate of drug-likeness (QED) is 0.450. The summed E-state index contributed by atoms with van der Waals surface area (Å²) in [6.45, 7) is 10.6. The predicted molar refractivity (Wildman–Crippen MR) is 135 cm³/mol. The number of benzene rings is 2. The van der Waals surface area contributed by atoms with E-state index in [1.807, 2.05) is 24.1 Å². The number of aromatic nitrogens is 3. The monoisotopic (exact) mass is 453 g/mol. The van der Waals surface area contributed by atoms with E-state index >= 15 is 0 Å². The van der Waals surface area contributed by atoms with E-state index in [2.05, 4.69) is 72.3 Å². The number of fused-ring (bicyclic) bond motifs is 1. The lowest BCUT2D eigenvalue weighted by Gasteiger charge is -2.35. The summed E-state index contributed by atoms with van der Waals surface area (Å²) in [4.78, 5) is 22.1. The fraction of sp³-hybridized carbons (Fsp3) is 0.321. The first-order valence-corrected chi connectivity index (χ1v) is 11.9. The molecule has 0 radical (unpaired) electrons. The van der Waals surface area contributed by atoms with Crippen molar-refractivity contribution in [1.82, 2.24) is 24.6 Å². The average Bonchev–Trinajstić information content (AvgIpc) is 3.16. The topological polar surface area (TPSA) is 54.3 Å². The van der Waals surface area contributed by atoms with Gasteiger partial charge < -0.3 is 4.90 Å². The smallest absolute Gasteiger partial charge is 0.244 e. The van der Waals surface area contributed by atoms with E-state index in [1.54, 1.807) is 4.68 Å². The Kier molecular flexibility index (Phi) is 6.16. The first-order chi connectivity index (χ1) is 16.5. The Hall–Kier alpha value is -3.51. The molecule has 1 amide bonds. The maximum absolute atomic E-state index is 13.2. The minimum absolute atomic E-state index is 0.0997. The third kappa shape index (κ3) is 4.46. The van der Waals surface area contributed by atoms with Crippen LogP contribution in [0.25, 0.3) is 22.2 Å². The van der Waals surface area contributed by atoms with Gasteiger partial charge in [0, 0.05) is 44.3 Å². The lowest BCUT2D eigenvalue weighted by molar-refractivity contribution is -0.133. The van der Waals surface area contributed by atoms with Crippen molar-refractivity contribution in [3.63, 3.8) is 0 Å². The molecule has 4 aromatic rings. The van der Waals surface area contributed by atoms with Crippen LogP contribution in [0.5, 0.6) is 0 Å². The molecule has 1 aliphatic heterocycles. The summed E-state index contributed by atoms with van der Waals surface area (Å²) in [5.41, 5.74) is 7.80. The number of carbonyl (C=O) groups excluding carboxylic acids is 1. The van der Waals surface area contributed by atoms with Crippen LogP contribution in [0, 0.1) is 20.8 Å². The van der Waals surface area contributed by atoms with Gasteiger partial charge >= 0.3 is 0 Å². The molecule has 0 unspecified atom stereocenters. The molecule has 1 saturated heterocycles. The zero-order valence-corrected chi connectivity index (χ0v) is 20.2. The zero-order chi connectivity index (χ0) is 23.7. The van der Waals surface area contributed by atoms with E-state index in [9.17, 15) is 4.79 Å². The van der Waals surface area contributed by atoms with E-state index in [0.29, 0.717) is 0 Å². The number of pyridine rings is 1. The first-order valence-electron chi connectivity index (χ1n) is 11.9. The molecule has 2 aromatic carbocycles. The van der Waals surface area contributed by atoms with Crippen LogP contribution in [0.1, 0.15) is 22.4 Å². The highest BCUT2D eigenvalue weighted by Crippen LogP contribution is 2.30. The number of carbonyl (C=O) groups is 1. The summed E-state index contributed by atoms with van der Waals surface area (Å²) >= 11 is 0. The highest BCUT2D eigenvalue weighted by Gasteiger charge is 2.23. The molecule has 0 N–H and O–H groups in total. The standard InChI is InChI=1S/C28H31N5O/c1-20-7-6-10-23(17-20)25-11-12-29-28-27(25)22(3)30-33(28)19-26(34)32-15-13-31(14-16-32)18-24-9-5-4-8-21(24)2/h4-12,17H,13-16,18-19H2,1-3H3. The second kappa shape index (κ2) is 9.39. The fourth-order valence-corrected chi connectivity index (χ4v) is 4.86. The lowest BCUT2D eigenvalue weighted by atomic mass is 10.0. The van der Waals surface area contributed by atoms with Gasteiger partial charge in [-0.3, -0.25) is 9.69 Å². The van der Waals surface area contributed by atoms with Crippen molar-refractivity contribution in [3.05, 3.63) is 83.2 Å². The van der Waals surface area contributed by atoms with Gasteiger partial charge in [0.15, 0.2) is 5.65 Å². The molecule has 0 aliphatic carbocycles. The molecular formula is C28H31N5O. The fourth-order valence-electron chi connectivity index (χ4n) is 4.86. The van der Waals surface area contributed by atoms with E-state index in [1.165, 1.54) is 16.7 Å². The molecule has 34 heavy (non-hydrogen) atoms. The summed E-state index contributed by atoms with van der Waals surface area (Å²) in [6.07, 6.45) is 1.81. The molecular weight excluding hydrogens is 422 g/mol. The van der Waals surface area contributed by atoms with Gasteiger partial charge in [0.2, 0.25) is 5.91 Å². The van der Waals surface area contributed by atoms with Crippen LogP contribution in [-0.4, -0.2) is 56.7 Å². The summed E-state index contributed by atoms with van der Waals surface area (Å²) < 4.78 is 1.77. The number of hydrogen-bond acceptors (Lipinski definition) is 4. The van der Waals surface area contributed by atoms with Crippen molar-refractivity contribution in [1.29, 1.82) is 0 Å². The van der Waals surface area contributed by atoms with Gasteiger partial charge in [-0.25, -0.2) is 9.67 Å². The normalized spacial score (nSPS) is 14.6. The number of nitrogens with zero attached hydrogens (tertiary/aromatic N) is 5. The molecule has 6 heteroatoms. The van der Waals surface area contributed by atoms with Crippen LogP contribution in [0.15, 0.2) is 60.8 Å². The van der Waals surface area contributed by atoms with E-state index in [4.69, 9.17) is 5.10 Å². The minimum Gasteiger partial charge on any atom is -0.339 e. The molecule has 1 aliphatic rings. The van der Waals surface area contributed by atoms with E-state index in [-0.39, 0.29) is 12.5 Å². The molecule has 1 fully saturated rings. The molecule has 6 nitrogen and oxygen atoms in total. The maximum atomic E-state index is 13.2. The van der Waals surface area contributed by atoms with Crippen LogP contribution in [0.3, 0.4) is 0 Å². The molecule has 0 atom stereocenters. The van der Waals surface area contributed by atoms with Crippen molar-refractivity contribution in [3.8, 4) is 11.1 Å². The second-order valence-corrected chi connectivity index (χ2v) is 9.25. The summed E-state index contributed by atoms with van der Waals surface area (Å²) in [7, 11) is 0. The van der Waals surface area contributed by atoms with Crippen molar-refractivity contribution in [2.75, 3.05) is 26.2 Å². The molecule has 0 spiro atoms. The molecule has 0 bridgehead atoms. The predicted octanol–water partition coefficient (Wildman–Crippen LogP) is 4.37. The highest BCUT2D eigenvalue weighted by atomic mass is 16.2. The van der Waals surface area contributed by atoms with Crippen molar-refractivity contribution >= 4 is 16.9 Å². The van der Waals surface area contributed by atoms with Crippen LogP contribution in [0.2, 0.25) is 0 Å². The van der Waals surface area contributed by atoms with Gasteiger partial charge in [-0.15, -0.1) is 0 Å². The summed E-state index contributed by atoms with van der Waals surface area (Å²) in [6, 6.07) is 19.0.